The molecule has 0 saturated heterocycles. The first-order valence-electron chi connectivity index (χ1n) is 13.8. The Morgan fingerprint density at radius 2 is 1.51 bits per heavy atom. The molecule has 4 rings (SSSR count). The number of nitrogens with one attached hydrogen (secondary N) is 1. The molecule has 0 heterocycles. The van der Waals surface area contributed by atoms with Crippen molar-refractivity contribution in [3.05, 3.63) is 119 Å². The number of para-hydroxylation sites is 1. The molecule has 0 bridgehead atoms. The number of hydrogen-bond acceptors (Lipinski definition) is 6. The van der Waals surface area contributed by atoms with Gasteiger partial charge in [-0.1, -0.05) is 50.8 Å². The fourth-order valence-electron chi connectivity index (χ4n) is 3.86. The van der Waals surface area contributed by atoms with Gasteiger partial charge in [-0.05, 0) is 96.9 Å². The maximum atomic E-state index is 12.6. The topological polar surface area (TPSA) is 98.4 Å². The Morgan fingerprint density at radius 1 is 0.829 bits per heavy atom. The third-order valence-corrected chi connectivity index (χ3v) is 6.17. The van der Waals surface area contributed by atoms with Gasteiger partial charge in [0.25, 0.3) is 0 Å². The first-order valence-corrected chi connectivity index (χ1v) is 13.8. The van der Waals surface area contributed by atoms with Crippen molar-refractivity contribution < 1.29 is 19.1 Å². The lowest BCUT2D eigenvalue weighted by Gasteiger charge is -2.06. The number of ether oxygens (including phenoxy) is 2. The Morgan fingerprint density at radius 3 is 2.22 bits per heavy atom. The zero-order valence-electron chi connectivity index (χ0n) is 23.1. The van der Waals surface area contributed by atoms with Crippen molar-refractivity contribution in [1.82, 2.24) is 0 Å². The van der Waals surface area contributed by atoms with Crippen molar-refractivity contribution in [3.63, 3.8) is 0 Å². The van der Waals surface area contributed by atoms with Gasteiger partial charge in [0.05, 0.1) is 23.1 Å². The normalized spacial score (nSPS) is 11.4. The maximum absolute atomic E-state index is 12.6. The van der Waals surface area contributed by atoms with Crippen LogP contribution in [-0.4, -0.2) is 23.7 Å². The van der Waals surface area contributed by atoms with E-state index in [0.717, 1.165) is 30.0 Å². The van der Waals surface area contributed by atoms with Gasteiger partial charge < -0.3 is 14.7 Å². The molecule has 210 valence electrons. The van der Waals surface area contributed by atoms with Gasteiger partial charge in [0.15, 0.2) is 5.69 Å². The first-order chi connectivity index (χ1) is 20.1. The van der Waals surface area contributed by atoms with Crippen LogP contribution in [0.5, 0.6) is 11.5 Å². The van der Waals surface area contributed by atoms with Gasteiger partial charge in [-0.15, -0.1) is 10.3 Å². The third kappa shape index (κ3) is 9.61. The molecule has 0 aliphatic rings. The van der Waals surface area contributed by atoms with Crippen LogP contribution in [0.4, 0.5) is 17.1 Å². The molecule has 0 aliphatic heterocycles. The predicted octanol–water partition coefficient (Wildman–Crippen LogP) is 8.63. The molecular formula is C33H34N4O4. The summed E-state index contributed by atoms with van der Waals surface area (Å²) in [7, 11) is 0. The lowest BCUT2D eigenvalue weighted by Crippen LogP contribution is -2.08. The molecule has 0 saturated carbocycles. The fraction of sp³-hybridized carbons (Fsp3) is 0.212. The van der Waals surface area contributed by atoms with Crippen LogP contribution in [0.3, 0.4) is 0 Å². The zero-order chi connectivity index (χ0) is 28.7. The summed E-state index contributed by atoms with van der Waals surface area (Å²) in [6, 6.07) is 29.9. The van der Waals surface area contributed by atoms with Crippen molar-refractivity contribution in [3.8, 4) is 11.5 Å². The lowest BCUT2D eigenvalue weighted by atomic mass is 10.2. The number of nitrogens with zero attached hydrogens (tertiary/aromatic N) is 3. The van der Waals surface area contributed by atoms with E-state index in [1.54, 1.807) is 66.9 Å². The zero-order valence-corrected chi connectivity index (χ0v) is 23.1. The molecule has 4 aromatic carbocycles. The van der Waals surface area contributed by atoms with E-state index in [0.29, 0.717) is 27.5 Å². The second-order valence-corrected chi connectivity index (χ2v) is 9.37. The van der Waals surface area contributed by atoms with Crippen molar-refractivity contribution >= 4 is 29.2 Å². The van der Waals surface area contributed by atoms with Gasteiger partial charge in [0.2, 0.25) is 0 Å². The van der Waals surface area contributed by atoms with E-state index in [4.69, 9.17) is 9.47 Å². The minimum Gasteiger partial charge on any atom is -0.691 e. The number of unbranched alkanes of at least 4 members (excludes halogenated alkanes) is 4. The van der Waals surface area contributed by atoms with E-state index in [1.807, 2.05) is 42.5 Å². The van der Waals surface area contributed by atoms with Crippen LogP contribution in [0.25, 0.3) is 0 Å². The highest BCUT2D eigenvalue weighted by atomic mass is 16.5. The van der Waals surface area contributed by atoms with E-state index in [1.165, 1.54) is 25.7 Å². The standard InChI is InChI=1S/C33H34N4O4/c1-2-3-4-5-9-24-40-31-22-18-28(19-23-31)34-25-26-12-20-32(21-13-26)41-33(38)27-14-16-29(17-15-27)35-36-37(39)30-10-7-6-8-11-30/h6-8,10-23,25,35H,2-5,9,24H2,1H3/b34-25?,37-36-. The molecule has 4 aromatic rings. The summed E-state index contributed by atoms with van der Waals surface area (Å²) in [4.78, 5) is 17.6. The van der Waals surface area contributed by atoms with Crippen LogP contribution in [0.2, 0.25) is 0 Å². The smallest absolute Gasteiger partial charge is 0.343 e. The molecule has 0 fully saturated rings. The van der Waals surface area contributed by atoms with Crippen molar-refractivity contribution in [2.24, 2.45) is 10.2 Å². The summed E-state index contributed by atoms with van der Waals surface area (Å²) in [6.07, 6.45) is 7.82. The molecule has 1 N–H and O–H groups in total. The van der Waals surface area contributed by atoms with Gasteiger partial charge in [0, 0.05) is 6.21 Å². The average Bonchev–Trinajstić information content (AvgIpc) is 3.02. The van der Waals surface area contributed by atoms with E-state index in [2.05, 4.69) is 22.6 Å². The van der Waals surface area contributed by atoms with Gasteiger partial charge in [-0.25, -0.2) is 4.79 Å². The summed E-state index contributed by atoms with van der Waals surface area (Å²) in [5, 5.41) is 15.8. The Kier molecular flexibility index (Phi) is 11.0. The van der Waals surface area contributed by atoms with Crippen molar-refractivity contribution in [2.45, 2.75) is 39.0 Å². The SMILES string of the molecule is CCCCCCCOc1ccc(N=Cc2ccc(OC(=O)c3ccc(N/N=[N+](\[O-])c4ccccc4)cc3)cc2)cc1. The summed E-state index contributed by atoms with van der Waals surface area (Å²) < 4.78 is 11.3. The highest BCUT2D eigenvalue weighted by Gasteiger charge is 2.09. The van der Waals surface area contributed by atoms with Gasteiger partial charge in [-0.3, -0.25) is 4.99 Å². The van der Waals surface area contributed by atoms with E-state index in [9.17, 15) is 10.0 Å². The number of hydrogen-bond donors (Lipinski definition) is 1. The Hall–Kier alpha value is -4.98. The quantitative estimate of drug-likeness (QED) is 0.0322. The molecule has 0 spiro atoms. The number of carbonyl (C=O) groups is 1. The number of carbonyl (C=O) groups excluding carboxylic acids is 1. The minimum atomic E-state index is -0.493. The van der Waals surface area contributed by atoms with Crippen LogP contribution in [0.1, 0.15) is 54.9 Å². The van der Waals surface area contributed by atoms with E-state index < -0.39 is 5.97 Å². The van der Waals surface area contributed by atoms with E-state index in [-0.39, 0.29) is 0 Å². The first kappa shape index (κ1) is 29.0. The van der Waals surface area contributed by atoms with Crippen molar-refractivity contribution in [2.75, 3.05) is 12.0 Å². The molecule has 0 amide bonds. The van der Waals surface area contributed by atoms with Gasteiger partial charge >= 0.3 is 5.97 Å². The lowest BCUT2D eigenvalue weighted by molar-refractivity contribution is -0.439. The highest BCUT2D eigenvalue weighted by molar-refractivity contribution is 5.91. The molecule has 41 heavy (non-hydrogen) atoms. The molecule has 8 heteroatoms. The molecule has 8 nitrogen and oxygen atoms in total. The Bertz CT molecular complexity index is 1420. The second-order valence-electron chi connectivity index (χ2n) is 9.37. The van der Waals surface area contributed by atoms with Crippen LogP contribution < -0.4 is 14.9 Å². The maximum Gasteiger partial charge on any atom is 0.343 e. The summed E-state index contributed by atoms with van der Waals surface area (Å²) in [6.45, 7) is 2.95. The largest absolute Gasteiger partial charge is 0.691 e. The average molecular weight is 551 g/mol. The summed E-state index contributed by atoms with van der Waals surface area (Å²) in [5.41, 5.74) is 5.70. The number of aliphatic imine (C=N–C) groups is 1. The number of anilines is 1. The Balaban J connectivity index is 1.23. The highest BCUT2D eigenvalue weighted by Crippen LogP contribution is 2.20. The van der Waals surface area contributed by atoms with E-state index >= 15 is 0 Å². The molecule has 0 aliphatic carbocycles. The summed E-state index contributed by atoms with van der Waals surface area (Å²) >= 11 is 0. The second kappa shape index (κ2) is 15.6. The Labute approximate surface area is 240 Å². The number of benzene rings is 4. The van der Waals surface area contributed by atoms with Gasteiger partial charge in [-0.2, -0.15) is 0 Å². The fourth-order valence-corrected chi connectivity index (χ4v) is 3.86. The van der Waals surface area contributed by atoms with Gasteiger partial charge in [0.1, 0.15) is 17.2 Å². The number of esters is 1. The van der Waals surface area contributed by atoms with Crippen LogP contribution in [0, 0.1) is 5.21 Å². The molecule has 0 unspecified atom stereocenters. The molecular weight excluding hydrogens is 516 g/mol. The van der Waals surface area contributed by atoms with Crippen LogP contribution in [-0.2, 0) is 0 Å². The predicted molar refractivity (Wildman–Crippen MR) is 162 cm³/mol. The summed E-state index contributed by atoms with van der Waals surface area (Å²) in [5.74, 6) is 0.780. The number of rotatable bonds is 14. The monoisotopic (exact) mass is 550 g/mol. The molecule has 0 radical (unpaired) electrons. The minimum absolute atomic E-state index is 0.368. The van der Waals surface area contributed by atoms with Crippen LogP contribution in [0.15, 0.2) is 113 Å². The molecule has 0 aromatic heterocycles. The third-order valence-electron chi connectivity index (χ3n) is 6.17. The van der Waals surface area contributed by atoms with Crippen molar-refractivity contribution in [1.29, 1.82) is 0 Å². The molecule has 0 atom stereocenters. The van der Waals surface area contributed by atoms with Crippen LogP contribution >= 0.6 is 0 Å².